The van der Waals surface area contributed by atoms with Gasteiger partial charge in [0, 0.05) is 40.9 Å². The smallest absolute Gasteiger partial charge is 0.262 e. The third-order valence-electron chi connectivity index (χ3n) is 11.4. The van der Waals surface area contributed by atoms with Crippen molar-refractivity contribution in [2.24, 2.45) is 17.8 Å². The number of anilines is 1. The number of nitrogens with zero attached hydrogens (tertiary/aromatic N) is 2. The first kappa shape index (κ1) is 32.7. The summed E-state index contributed by atoms with van der Waals surface area (Å²) in [6.07, 6.45) is 7.43. The second-order valence-corrected chi connectivity index (χ2v) is 17.6. The summed E-state index contributed by atoms with van der Waals surface area (Å²) in [4.78, 5) is 18.1. The summed E-state index contributed by atoms with van der Waals surface area (Å²) >= 11 is 6.45. The average molecular weight is 656 g/mol. The van der Waals surface area contributed by atoms with E-state index in [9.17, 15) is 14.1 Å². The summed E-state index contributed by atoms with van der Waals surface area (Å²) in [7, 11) is 1.16. The van der Waals surface area contributed by atoms with Crippen molar-refractivity contribution in [3.8, 4) is 5.75 Å². The van der Waals surface area contributed by atoms with Crippen LogP contribution in [0, 0.1) is 17.8 Å². The minimum absolute atomic E-state index is 0.0735. The van der Waals surface area contributed by atoms with Crippen molar-refractivity contribution in [1.29, 1.82) is 0 Å². The topological polar surface area (TPSA) is 82.1 Å². The minimum Gasteiger partial charge on any atom is -0.490 e. The number of carbonyl (C=O) groups is 1. The molecule has 1 amide bonds. The van der Waals surface area contributed by atoms with Gasteiger partial charge in [0.2, 0.25) is 0 Å². The zero-order chi connectivity index (χ0) is 32.1. The van der Waals surface area contributed by atoms with Crippen molar-refractivity contribution in [2.45, 2.75) is 81.5 Å². The molecule has 2 aliphatic heterocycles. The third-order valence-corrected chi connectivity index (χ3v) is 13.8. The number of nitrogens with one attached hydrogen (secondary N) is 1. The lowest BCUT2D eigenvalue weighted by atomic mass is 9.62. The van der Waals surface area contributed by atoms with Crippen molar-refractivity contribution in [1.82, 2.24) is 9.62 Å². The Morgan fingerprint density at radius 2 is 1.93 bits per heavy atom. The normalized spacial score (nSPS) is 35.4. The van der Waals surface area contributed by atoms with Crippen LogP contribution in [0.1, 0.15) is 80.3 Å². The van der Waals surface area contributed by atoms with E-state index < -0.39 is 15.3 Å². The molecule has 2 N–H and O–H groups in total. The number of ether oxygens (including phenoxy) is 1. The number of aryl methyl sites for hydroxylation is 1. The molecule has 6 rings (SSSR count). The van der Waals surface area contributed by atoms with Crippen molar-refractivity contribution in [2.75, 3.05) is 45.2 Å². The van der Waals surface area contributed by atoms with Gasteiger partial charge in [0.15, 0.2) is 0 Å². The SMILES string of the molecule is C=S1(=O)NC(=O)c2ccc3c(c2)N(C[C@@H]2CC[C@H]2[C@](O)(CN(C)C)CCC[C@H](C)[C@H]1C)C[C@@]1(CCCc2cc(Cl)ccc21)CO3. The van der Waals surface area contributed by atoms with Crippen LogP contribution in [0.4, 0.5) is 5.69 Å². The van der Waals surface area contributed by atoms with Crippen LogP contribution >= 0.6 is 11.6 Å². The lowest BCUT2D eigenvalue weighted by Crippen LogP contribution is -2.56. The van der Waals surface area contributed by atoms with Gasteiger partial charge in [0.1, 0.15) is 5.75 Å². The summed E-state index contributed by atoms with van der Waals surface area (Å²) in [5.41, 5.74) is 2.87. The van der Waals surface area contributed by atoms with Crippen LogP contribution in [0.25, 0.3) is 0 Å². The highest BCUT2D eigenvalue weighted by Crippen LogP contribution is 2.49. The van der Waals surface area contributed by atoms with Crippen LogP contribution in [0.2, 0.25) is 5.02 Å². The Labute approximate surface area is 274 Å². The lowest BCUT2D eigenvalue weighted by molar-refractivity contribution is -0.100. The number of rotatable bonds is 2. The van der Waals surface area contributed by atoms with Gasteiger partial charge in [-0.2, -0.15) is 0 Å². The van der Waals surface area contributed by atoms with Gasteiger partial charge < -0.3 is 19.6 Å². The summed E-state index contributed by atoms with van der Waals surface area (Å²) in [6.45, 7) is 6.66. The molecule has 1 saturated carbocycles. The third kappa shape index (κ3) is 6.37. The van der Waals surface area contributed by atoms with Gasteiger partial charge in [0.25, 0.3) is 5.91 Å². The van der Waals surface area contributed by atoms with Gasteiger partial charge >= 0.3 is 0 Å². The Balaban J connectivity index is 1.44. The molecule has 1 unspecified atom stereocenters. The number of likely N-dealkylation sites (N-methyl/N-ethyl adjacent to an activating group) is 1. The van der Waals surface area contributed by atoms with Crippen molar-refractivity contribution >= 4 is 38.8 Å². The summed E-state index contributed by atoms with van der Waals surface area (Å²) in [5.74, 6) is 4.94. The average Bonchev–Trinajstić information content (AvgIpc) is 3.10. The van der Waals surface area contributed by atoms with E-state index in [1.165, 1.54) is 11.1 Å². The van der Waals surface area contributed by atoms with E-state index in [1.807, 2.05) is 39.2 Å². The highest BCUT2D eigenvalue weighted by atomic mass is 35.5. The predicted molar refractivity (Wildman–Crippen MR) is 185 cm³/mol. The molecule has 2 aromatic carbocycles. The van der Waals surface area contributed by atoms with Crippen molar-refractivity contribution < 1.29 is 18.8 Å². The molecule has 2 bridgehead atoms. The van der Waals surface area contributed by atoms with Crippen LogP contribution in [-0.4, -0.2) is 77.2 Å². The number of fused-ring (bicyclic) bond motifs is 4. The van der Waals surface area contributed by atoms with Gasteiger partial charge in [-0.15, -0.1) is 0 Å². The van der Waals surface area contributed by atoms with E-state index in [2.05, 4.69) is 39.4 Å². The second kappa shape index (κ2) is 12.4. The Hall–Kier alpha value is -2.26. The molecule has 246 valence electrons. The predicted octanol–water partition coefficient (Wildman–Crippen LogP) is 5.70. The molecule has 0 radical (unpaired) electrons. The molecule has 1 fully saturated rings. The van der Waals surface area contributed by atoms with Crippen LogP contribution in [-0.2, 0) is 21.5 Å². The number of halogens is 1. The van der Waals surface area contributed by atoms with Gasteiger partial charge in [-0.25, -0.2) is 4.21 Å². The van der Waals surface area contributed by atoms with Crippen LogP contribution < -0.4 is 14.4 Å². The van der Waals surface area contributed by atoms with E-state index in [0.717, 1.165) is 74.5 Å². The lowest BCUT2D eigenvalue weighted by Gasteiger charge is -2.51. The maximum absolute atomic E-state index is 13.8. The Bertz CT molecular complexity index is 1550. The van der Waals surface area contributed by atoms with Gasteiger partial charge in [-0.3, -0.25) is 9.52 Å². The molecule has 7 atom stereocenters. The number of hydrogen-bond acceptors (Lipinski definition) is 6. The summed E-state index contributed by atoms with van der Waals surface area (Å²) in [5, 5.41) is 12.8. The first-order valence-corrected chi connectivity index (χ1v) is 18.8. The summed E-state index contributed by atoms with van der Waals surface area (Å²) < 4.78 is 23.2. The molecule has 1 spiro atoms. The molecule has 0 aromatic heterocycles. The maximum Gasteiger partial charge on any atom is 0.262 e. The highest BCUT2D eigenvalue weighted by molar-refractivity contribution is 7.99. The molecule has 0 saturated heterocycles. The number of amides is 1. The molecular weight excluding hydrogens is 606 g/mol. The Morgan fingerprint density at radius 1 is 1.13 bits per heavy atom. The fourth-order valence-electron chi connectivity index (χ4n) is 8.61. The zero-order valence-corrected chi connectivity index (χ0v) is 28.9. The fourth-order valence-corrected chi connectivity index (χ4v) is 10.3. The molecule has 9 heteroatoms. The number of aliphatic hydroxyl groups is 1. The molecule has 45 heavy (non-hydrogen) atoms. The minimum atomic E-state index is -2.92. The van der Waals surface area contributed by atoms with E-state index in [-0.39, 0.29) is 28.4 Å². The van der Waals surface area contributed by atoms with E-state index in [4.69, 9.17) is 16.3 Å². The standard InChI is InChI=1S/C36H50ClN3O4S/c1-24-8-6-17-36(42,22-39(3)4)31-13-10-28(31)20-40-21-35(16-7-9-26-18-29(37)12-14-30(26)35)23-44-33-15-11-27(19-32(33)40)34(41)38-45(5,43)25(24)2/h11-12,14-15,18-19,24-25,28,31,42H,5-10,13,16-17,20-23H2,1-4H3,(H,38,41,43)/t24-,25+,28-,31+,35-,36+,45?/m0/s1. The van der Waals surface area contributed by atoms with Gasteiger partial charge in [-0.05, 0) is 131 Å². The molecule has 2 aromatic rings. The van der Waals surface area contributed by atoms with Gasteiger partial charge in [0.05, 0.1) is 27.6 Å². The molecule has 7 nitrogen and oxygen atoms in total. The molecule has 2 heterocycles. The molecule has 2 aliphatic carbocycles. The maximum atomic E-state index is 13.8. The quantitative estimate of drug-likeness (QED) is 0.404. The Morgan fingerprint density at radius 3 is 2.67 bits per heavy atom. The molecular formula is C36H50ClN3O4S. The number of hydrogen-bond donors (Lipinski definition) is 2. The van der Waals surface area contributed by atoms with Crippen LogP contribution in [0.15, 0.2) is 36.4 Å². The highest BCUT2D eigenvalue weighted by Gasteiger charge is 2.49. The monoisotopic (exact) mass is 655 g/mol. The number of benzene rings is 2. The Kier molecular flexibility index (Phi) is 9.00. The largest absolute Gasteiger partial charge is 0.490 e. The summed E-state index contributed by atoms with van der Waals surface area (Å²) in [6, 6.07) is 11.8. The fraction of sp³-hybridized carbons (Fsp3) is 0.611. The molecule has 4 aliphatic rings. The van der Waals surface area contributed by atoms with Crippen molar-refractivity contribution in [3.63, 3.8) is 0 Å². The van der Waals surface area contributed by atoms with E-state index in [0.29, 0.717) is 31.1 Å². The van der Waals surface area contributed by atoms with Crippen LogP contribution in [0.3, 0.4) is 0 Å². The zero-order valence-electron chi connectivity index (χ0n) is 27.3. The van der Waals surface area contributed by atoms with Crippen LogP contribution in [0.5, 0.6) is 5.75 Å². The van der Waals surface area contributed by atoms with Gasteiger partial charge in [-0.1, -0.05) is 31.0 Å². The number of carbonyl (C=O) groups excluding carboxylic acids is 1. The second-order valence-electron chi connectivity index (χ2n) is 14.8. The van der Waals surface area contributed by atoms with E-state index in [1.54, 1.807) is 6.07 Å². The van der Waals surface area contributed by atoms with E-state index >= 15 is 0 Å². The first-order chi connectivity index (χ1) is 21.3. The van der Waals surface area contributed by atoms with Crippen molar-refractivity contribution in [3.05, 3.63) is 58.1 Å². The first-order valence-electron chi connectivity index (χ1n) is 16.7.